The lowest BCUT2D eigenvalue weighted by Gasteiger charge is -2.17. The number of aromatic nitrogens is 1. The molecule has 1 fully saturated rings. The third-order valence-electron chi connectivity index (χ3n) is 1.96. The van der Waals surface area contributed by atoms with E-state index in [2.05, 4.69) is 25.8 Å². The molecule has 1 aromatic heterocycles. The van der Waals surface area contributed by atoms with E-state index in [0.717, 1.165) is 22.0 Å². The van der Waals surface area contributed by atoms with Gasteiger partial charge in [-0.2, -0.15) is 11.8 Å². The van der Waals surface area contributed by atoms with Crippen LogP contribution in [0.1, 0.15) is 6.42 Å². The molecule has 72 valence electrons. The molecule has 0 aliphatic carbocycles. The number of rotatable bonds is 1. The fourth-order valence-corrected chi connectivity index (χ4v) is 3.45. The van der Waals surface area contributed by atoms with Crippen molar-refractivity contribution in [2.75, 3.05) is 29.5 Å². The van der Waals surface area contributed by atoms with E-state index in [-0.39, 0.29) is 0 Å². The van der Waals surface area contributed by atoms with Crippen LogP contribution in [0.25, 0.3) is 0 Å². The molecule has 0 bridgehead atoms. The molecule has 1 aromatic rings. The van der Waals surface area contributed by atoms with Gasteiger partial charge >= 0.3 is 0 Å². The highest BCUT2D eigenvalue weighted by Crippen LogP contribution is 2.27. The van der Waals surface area contributed by atoms with Crippen molar-refractivity contribution in [1.82, 2.24) is 4.98 Å². The molecule has 0 amide bonds. The predicted molar refractivity (Wildman–Crippen MR) is 64.0 cm³/mol. The average molecular weight is 279 g/mol. The van der Waals surface area contributed by atoms with Gasteiger partial charge in [0.1, 0.15) is 0 Å². The lowest BCUT2D eigenvalue weighted by atomic mass is 10.4. The standard InChI is InChI=1S/C8H11BrN2S2/c9-7-6-10-8(13-7)11-2-1-4-12-5-3-11/h6H,1-5H2. The van der Waals surface area contributed by atoms with Crippen LogP contribution in [0.15, 0.2) is 9.98 Å². The van der Waals surface area contributed by atoms with Crippen molar-refractivity contribution < 1.29 is 0 Å². The number of hydrogen-bond donors (Lipinski definition) is 0. The zero-order valence-electron chi connectivity index (χ0n) is 7.20. The van der Waals surface area contributed by atoms with E-state index in [1.807, 2.05) is 18.0 Å². The van der Waals surface area contributed by atoms with Crippen molar-refractivity contribution >= 4 is 44.2 Å². The van der Waals surface area contributed by atoms with Crippen molar-refractivity contribution in [1.29, 1.82) is 0 Å². The van der Waals surface area contributed by atoms with Crippen LogP contribution in [0.2, 0.25) is 0 Å². The van der Waals surface area contributed by atoms with E-state index in [1.54, 1.807) is 11.3 Å². The summed E-state index contributed by atoms with van der Waals surface area (Å²) in [6, 6.07) is 0. The highest BCUT2D eigenvalue weighted by Gasteiger charge is 2.12. The Balaban J connectivity index is 2.06. The molecule has 0 aromatic carbocycles. The van der Waals surface area contributed by atoms with Gasteiger partial charge in [0.05, 0.1) is 9.98 Å². The summed E-state index contributed by atoms with van der Waals surface area (Å²) in [5, 5.41) is 1.16. The molecule has 1 aliphatic heterocycles. The molecule has 5 heteroatoms. The van der Waals surface area contributed by atoms with Gasteiger partial charge < -0.3 is 4.90 Å². The second kappa shape index (κ2) is 4.66. The summed E-state index contributed by atoms with van der Waals surface area (Å²) in [4.78, 5) is 6.75. The number of halogens is 1. The minimum absolute atomic E-state index is 1.12. The Labute approximate surface area is 94.9 Å². The molecule has 0 unspecified atom stereocenters. The summed E-state index contributed by atoms with van der Waals surface area (Å²) in [5.74, 6) is 2.53. The Bertz CT molecular complexity index is 269. The maximum Gasteiger partial charge on any atom is 0.186 e. The van der Waals surface area contributed by atoms with Gasteiger partial charge in [-0.05, 0) is 28.1 Å². The van der Waals surface area contributed by atoms with Crippen LogP contribution in [-0.2, 0) is 0 Å². The monoisotopic (exact) mass is 278 g/mol. The van der Waals surface area contributed by atoms with Gasteiger partial charge in [0.2, 0.25) is 0 Å². The van der Waals surface area contributed by atoms with E-state index in [1.165, 1.54) is 17.9 Å². The lowest BCUT2D eigenvalue weighted by Crippen LogP contribution is -2.25. The van der Waals surface area contributed by atoms with Gasteiger partial charge in [-0.15, -0.1) is 0 Å². The SMILES string of the molecule is Brc1cnc(N2CCCSCC2)s1. The number of nitrogens with zero attached hydrogens (tertiary/aromatic N) is 2. The first-order valence-corrected chi connectivity index (χ1v) is 7.07. The molecule has 2 rings (SSSR count). The molecule has 2 nitrogen and oxygen atoms in total. The first-order valence-electron chi connectivity index (χ1n) is 4.30. The van der Waals surface area contributed by atoms with E-state index >= 15 is 0 Å². The van der Waals surface area contributed by atoms with Gasteiger partial charge in [0, 0.05) is 18.8 Å². The summed E-state index contributed by atoms with van der Waals surface area (Å²) in [5.41, 5.74) is 0. The van der Waals surface area contributed by atoms with Crippen molar-refractivity contribution in [2.24, 2.45) is 0 Å². The van der Waals surface area contributed by atoms with Gasteiger partial charge in [-0.3, -0.25) is 0 Å². The summed E-state index contributed by atoms with van der Waals surface area (Å²) in [6.07, 6.45) is 3.17. The third-order valence-corrected chi connectivity index (χ3v) is 4.54. The average Bonchev–Trinajstić information content (AvgIpc) is 2.43. The van der Waals surface area contributed by atoms with Crippen LogP contribution in [0.5, 0.6) is 0 Å². The zero-order chi connectivity index (χ0) is 9.10. The Morgan fingerprint density at radius 2 is 2.31 bits per heavy atom. The number of anilines is 1. The number of thiazole rings is 1. The molecule has 0 spiro atoms. The maximum absolute atomic E-state index is 4.37. The minimum Gasteiger partial charge on any atom is -0.347 e. The normalized spacial score (nSPS) is 18.7. The summed E-state index contributed by atoms with van der Waals surface area (Å²) in [6.45, 7) is 2.30. The van der Waals surface area contributed by atoms with Crippen LogP contribution in [-0.4, -0.2) is 29.6 Å². The van der Waals surface area contributed by atoms with Crippen LogP contribution >= 0.6 is 39.0 Å². The Kier molecular flexibility index (Phi) is 3.51. The first kappa shape index (κ1) is 9.80. The number of hydrogen-bond acceptors (Lipinski definition) is 4. The van der Waals surface area contributed by atoms with Crippen molar-refractivity contribution in [3.05, 3.63) is 9.98 Å². The van der Waals surface area contributed by atoms with Crippen LogP contribution in [0, 0.1) is 0 Å². The summed E-state index contributed by atoms with van der Waals surface area (Å²) < 4.78 is 1.12. The topological polar surface area (TPSA) is 16.1 Å². The van der Waals surface area contributed by atoms with Gasteiger partial charge in [0.25, 0.3) is 0 Å². The van der Waals surface area contributed by atoms with Crippen LogP contribution < -0.4 is 4.90 Å². The quantitative estimate of drug-likeness (QED) is 0.786. The van der Waals surface area contributed by atoms with Crippen LogP contribution in [0.3, 0.4) is 0 Å². The largest absolute Gasteiger partial charge is 0.347 e. The minimum atomic E-state index is 1.12. The molecular weight excluding hydrogens is 268 g/mol. The molecule has 0 N–H and O–H groups in total. The second-order valence-corrected chi connectivity index (χ2v) is 6.51. The molecule has 2 heterocycles. The Morgan fingerprint density at radius 1 is 1.38 bits per heavy atom. The predicted octanol–water partition coefficient (Wildman–Crippen LogP) is 2.85. The lowest BCUT2D eigenvalue weighted by molar-refractivity contribution is 0.812. The summed E-state index contributed by atoms with van der Waals surface area (Å²) in [7, 11) is 0. The smallest absolute Gasteiger partial charge is 0.186 e. The van der Waals surface area contributed by atoms with E-state index in [0.29, 0.717) is 0 Å². The highest BCUT2D eigenvalue weighted by atomic mass is 79.9. The first-order chi connectivity index (χ1) is 6.36. The number of thioether (sulfide) groups is 1. The van der Waals surface area contributed by atoms with E-state index < -0.39 is 0 Å². The van der Waals surface area contributed by atoms with Gasteiger partial charge in [-0.1, -0.05) is 11.3 Å². The Hall–Kier alpha value is 0.260. The highest BCUT2D eigenvalue weighted by molar-refractivity contribution is 9.11. The molecule has 13 heavy (non-hydrogen) atoms. The van der Waals surface area contributed by atoms with Crippen LogP contribution in [0.4, 0.5) is 5.13 Å². The molecule has 0 saturated carbocycles. The molecular formula is C8H11BrN2S2. The molecule has 0 atom stereocenters. The Morgan fingerprint density at radius 3 is 3.08 bits per heavy atom. The van der Waals surface area contributed by atoms with Crippen molar-refractivity contribution in [2.45, 2.75) is 6.42 Å². The van der Waals surface area contributed by atoms with Gasteiger partial charge in [0.15, 0.2) is 5.13 Å². The third kappa shape index (κ3) is 2.60. The second-order valence-electron chi connectivity index (χ2n) is 2.90. The van der Waals surface area contributed by atoms with Crippen molar-refractivity contribution in [3.63, 3.8) is 0 Å². The molecule has 1 saturated heterocycles. The summed E-state index contributed by atoms with van der Waals surface area (Å²) >= 11 is 7.21. The van der Waals surface area contributed by atoms with E-state index in [4.69, 9.17) is 0 Å². The van der Waals surface area contributed by atoms with E-state index in [9.17, 15) is 0 Å². The van der Waals surface area contributed by atoms with Gasteiger partial charge in [-0.25, -0.2) is 4.98 Å². The fourth-order valence-electron chi connectivity index (χ4n) is 1.33. The maximum atomic E-state index is 4.37. The fraction of sp³-hybridized carbons (Fsp3) is 0.625. The molecule has 0 radical (unpaired) electrons. The molecule has 1 aliphatic rings. The zero-order valence-corrected chi connectivity index (χ0v) is 10.4. The van der Waals surface area contributed by atoms with Crippen molar-refractivity contribution in [3.8, 4) is 0 Å².